The number of nitrogens with zero attached hydrogens (tertiary/aromatic N) is 3. The number of piperidine rings is 2. The van der Waals surface area contributed by atoms with Crippen molar-refractivity contribution < 1.29 is 13.2 Å². The largest absolute Gasteiger partial charge is 0.297 e. The van der Waals surface area contributed by atoms with Gasteiger partial charge >= 0.3 is 0 Å². The topological polar surface area (TPSA) is 9.72 Å². The second-order valence-electron chi connectivity index (χ2n) is 15.3. The van der Waals surface area contributed by atoms with Crippen molar-refractivity contribution in [2.75, 3.05) is 27.3 Å². The van der Waals surface area contributed by atoms with Crippen molar-refractivity contribution in [3.63, 3.8) is 0 Å². The van der Waals surface area contributed by atoms with E-state index in [0.717, 1.165) is 19.3 Å². The molecule has 5 fully saturated rings. The van der Waals surface area contributed by atoms with Crippen LogP contribution in [-0.2, 0) is 0 Å². The van der Waals surface area contributed by atoms with Gasteiger partial charge in [-0.1, -0.05) is 55.4 Å². The maximum atomic E-state index is 13.7. The number of hydrogen-bond donors (Lipinski definition) is 0. The predicted octanol–water partition coefficient (Wildman–Crippen LogP) is 8.42. The highest BCUT2D eigenvalue weighted by molar-refractivity contribution is 5.01. The van der Waals surface area contributed by atoms with Crippen LogP contribution in [0.3, 0.4) is 0 Å². The molecule has 5 aliphatic rings. The van der Waals surface area contributed by atoms with E-state index in [1.807, 2.05) is 0 Å². The molecule has 0 aromatic rings. The van der Waals surface area contributed by atoms with Crippen molar-refractivity contribution in [2.24, 2.45) is 35.5 Å². The van der Waals surface area contributed by atoms with Crippen LogP contribution in [0.2, 0.25) is 0 Å². The maximum absolute atomic E-state index is 13.7. The zero-order valence-electron chi connectivity index (χ0n) is 28.3. The fraction of sp³-hybridized carbons (Fsp3) is 1.00. The Morgan fingerprint density at radius 3 is 1.90 bits per heavy atom. The molecule has 0 N–H and O–H groups in total. The van der Waals surface area contributed by atoms with E-state index in [-0.39, 0.29) is 18.8 Å². The highest BCUT2D eigenvalue weighted by Crippen LogP contribution is 2.43. The lowest BCUT2D eigenvalue weighted by Gasteiger charge is -2.41. The van der Waals surface area contributed by atoms with Crippen molar-refractivity contribution in [3.8, 4) is 0 Å². The number of alkyl halides is 3. The Labute approximate surface area is 252 Å². The molecular formula is C35H66F3N3. The standard InChI is InChI=1S/C13H26FN.2C11H20FN/c1-5-12-6-7-13(11(4)10(2)3)15(12)9-8-14;1-7(2)8-6-9(12)11-5-4-10(8)13(11)3;1-7(2)9-5-4-8-6-10(12)11(9)13(8)3/h10-13H,5-9H2,1-4H3;2*7-11H,4-6H2,1-3H3. The summed E-state index contributed by atoms with van der Waals surface area (Å²) in [6.45, 7) is 18.4. The lowest BCUT2D eigenvalue weighted by atomic mass is 9.81. The first-order valence-corrected chi connectivity index (χ1v) is 17.4. The van der Waals surface area contributed by atoms with Gasteiger partial charge in [-0.2, -0.15) is 0 Å². The number of rotatable bonds is 7. The number of hydrogen-bond acceptors (Lipinski definition) is 3. The summed E-state index contributed by atoms with van der Waals surface area (Å²) >= 11 is 0. The summed E-state index contributed by atoms with van der Waals surface area (Å²) in [5.41, 5.74) is 0. The molecular weight excluding hydrogens is 519 g/mol. The van der Waals surface area contributed by atoms with Gasteiger partial charge in [0.05, 0.1) is 0 Å². The summed E-state index contributed by atoms with van der Waals surface area (Å²) in [6.07, 6.45) is 8.87. The highest BCUT2D eigenvalue weighted by Gasteiger charge is 2.48. The minimum Gasteiger partial charge on any atom is -0.297 e. The van der Waals surface area contributed by atoms with Gasteiger partial charge in [0, 0.05) is 42.8 Å². The number of halogens is 3. The van der Waals surface area contributed by atoms with E-state index < -0.39 is 12.3 Å². The smallest absolute Gasteiger partial charge is 0.117 e. The van der Waals surface area contributed by atoms with Crippen LogP contribution in [0.25, 0.3) is 0 Å². The van der Waals surface area contributed by atoms with E-state index in [0.29, 0.717) is 66.2 Å². The van der Waals surface area contributed by atoms with E-state index in [1.165, 1.54) is 38.5 Å². The zero-order chi connectivity index (χ0) is 30.6. The minimum absolute atomic E-state index is 0.197. The van der Waals surface area contributed by atoms with Gasteiger partial charge in [0.25, 0.3) is 0 Å². The van der Waals surface area contributed by atoms with Crippen molar-refractivity contribution in [1.82, 2.24) is 14.7 Å². The van der Waals surface area contributed by atoms with Crippen LogP contribution in [0.15, 0.2) is 0 Å². The molecule has 0 aromatic heterocycles. The molecule has 0 amide bonds. The van der Waals surface area contributed by atoms with E-state index in [4.69, 9.17) is 0 Å². The molecule has 0 spiro atoms. The first-order valence-electron chi connectivity index (χ1n) is 17.4. The molecule has 3 nitrogen and oxygen atoms in total. The molecule has 11 unspecified atom stereocenters. The molecule has 0 aromatic carbocycles. The molecule has 5 rings (SSSR count). The van der Waals surface area contributed by atoms with Gasteiger partial charge < -0.3 is 0 Å². The Bertz CT molecular complexity index is 757. The Hall–Kier alpha value is -0.330. The Balaban J connectivity index is 0.000000170. The van der Waals surface area contributed by atoms with Crippen molar-refractivity contribution in [1.29, 1.82) is 0 Å². The first-order chi connectivity index (χ1) is 19.3. The van der Waals surface area contributed by atoms with Gasteiger partial charge in [-0.05, 0) is 107 Å². The summed E-state index contributed by atoms with van der Waals surface area (Å²) in [5, 5.41) is 0. The van der Waals surface area contributed by atoms with Crippen molar-refractivity contribution in [2.45, 2.75) is 162 Å². The van der Waals surface area contributed by atoms with Crippen LogP contribution < -0.4 is 0 Å². The normalized spacial score (nSPS) is 40.1. The summed E-state index contributed by atoms with van der Waals surface area (Å²) in [7, 11) is 4.20. The van der Waals surface area contributed by atoms with Crippen LogP contribution in [-0.4, -0.2) is 90.6 Å². The second kappa shape index (κ2) is 15.6. The first kappa shape index (κ1) is 35.2. The van der Waals surface area contributed by atoms with Gasteiger partial charge in [0.2, 0.25) is 0 Å². The highest BCUT2D eigenvalue weighted by atomic mass is 19.1. The summed E-state index contributed by atoms with van der Waals surface area (Å²) in [6, 6.07) is 2.91. The Morgan fingerprint density at radius 1 is 0.707 bits per heavy atom. The van der Waals surface area contributed by atoms with Gasteiger partial charge in [-0.15, -0.1) is 0 Å². The van der Waals surface area contributed by atoms with E-state index in [2.05, 4.69) is 84.2 Å². The van der Waals surface area contributed by atoms with Crippen molar-refractivity contribution >= 4 is 0 Å². The van der Waals surface area contributed by atoms with Crippen LogP contribution in [0.4, 0.5) is 13.2 Å². The summed E-state index contributed by atoms with van der Waals surface area (Å²) < 4.78 is 39.9. The fourth-order valence-electron chi connectivity index (χ4n) is 9.34. The molecule has 11 atom stereocenters. The average molecular weight is 586 g/mol. The van der Waals surface area contributed by atoms with Crippen LogP contribution in [0.1, 0.15) is 113 Å². The molecule has 242 valence electrons. The van der Waals surface area contributed by atoms with Crippen molar-refractivity contribution in [3.05, 3.63) is 0 Å². The van der Waals surface area contributed by atoms with Gasteiger partial charge in [-0.3, -0.25) is 14.7 Å². The monoisotopic (exact) mass is 586 g/mol. The molecule has 41 heavy (non-hydrogen) atoms. The quantitative estimate of drug-likeness (QED) is 0.297. The Morgan fingerprint density at radius 2 is 1.34 bits per heavy atom. The molecule has 0 aliphatic carbocycles. The maximum Gasteiger partial charge on any atom is 0.117 e. The lowest BCUT2D eigenvalue weighted by Crippen LogP contribution is -2.49. The van der Waals surface area contributed by atoms with Gasteiger partial charge in [0.1, 0.15) is 19.0 Å². The second-order valence-corrected chi connectivity index (χ2v) is 15.3. The summed E-state index contributed by atoms with van der Waals surface area (Å²) in [5.74, 6) is 3.81. The minimum atomic E-state index is -0.573. The van der Waals surface area contributed by atoms with Crippen LogP contribution >= 0.6 is 0 Å². The molecule has 0 radical (unpaired) electrons. The van der Waals surface area contributed by atoms with E-state index >= 15 is 0 Å². The third-order valence-corrected chi connectivity index (χ3v) is 12.3. The van der Waals surface area contributed by atoms with E-state index in [1.54, 1.807) is 0 Å². The number of fused-ring (bicyclic) bond motifs is 4. The van der Waals surface area contributed by atoms with Gasteiger partial charge in [-0.25, -0.2) is 13.2 Å². The van der Waals surface area contributed by atoms with E-state index in [9.17, 15) is 13.2 Å². The molecule has 5 saturated heterocycles. The SMILES string of the molecule is CC(C)C1CC(F)C2CCC1N2C.CC(C)C1CCC2CC(F)C1N2C.CCC1CCC(C(C)C(C)C)N1CCF. The fourth-order valence-corrected chi connectivity index (χ4v) is 9.34. The van der Waals surface area contributed by atoms with Crippen LogP contribution in [0.5, 0.6) is 0 Å². The lowest BCUT2D eigenvalue weighted by molar-refractivity contribution is 0.0291. The molecule has 0 saturated carbocycles. The molecule has 4 bridgehead atoms. The molecule has 6 heteroatoms. The average Bonchev–Trinajstić information content (AvgIpc) is 3.49. The number of likely N-dealkylation sites (tertiary alicyclic amines) is 1. The third-order valence-electron chi connectivity index (χ3n) is 12.3. The Kier molecular flexibility index (Phi) is 13.4. The molecule has 5 heterocycles. The predicted molar refractivity (Wildman–Crippen MR) is 169 cm³/mol. The van der Waals surface area contributed by atoms with Crippen LogP contribution in [0, 0.1) is 35.5 Å². The third kappa shape index (κ3) is 8.04. The molecule has 5 aliphatic heterocycles. The zero-order valence-corrected chi connectivity index (χ0v) is 28.3. The van der Waals surface area contributed by atoms with Gasteiger partial charge in [0.15, 0.2) is 0 Å². The summed E-state index contributed by atoms with van der Waals surface area (Å²) in [4.78, 5) is 7.00.